The van der Waals surface area contributed by atoms with E-state index in [4.69, 9.17) is 4.74 Å². The van der Waals surface area contributed by atoms with E-state index >= 15 is 0 Å². The molecule has 0 bridgehead atoms. The van der Waals surface area contributed by atoms with Crippen molar-refractivity contribution in [2.75, 3.05) is 6.61 Å². The second-order valence-corrected chi connectivity index (χ2v) is 5.78. The van der Waals surface area contributed by atoms with Crippen LogP contribution in [0.1, 0.15) is 25.3 Å². The molecule has 1 saturated heterocycles. The Morgan fingerprint density at radius 3 is 2.43 bits per heavy atom. The summed E-state index contributed by atoms with van der Waals surface area (Å²) in [6.07, 6.45) is 2.76. The maximum atomic E-state index is 5.72. The molecule has 0 aliphatic carbocycles. The Morgan fingerprint density at radius 2 is 1.76 bits per heavy atom. The van der Waals surface area contributed by atoms with Gasteiger partial charge >= 0.3 is 0 Å². The van der Waals surface area contributed by atoms with Gasteiger partial charge in [0.2, 0.25) is 0 Å². The van der Waals surface area contributed by atoms with E-state index < -0.39 is 0 Å². The highest BCUT2D eigenvalue weighted by molar-refractivity contribution is 5.63. The quantitative estimate of drug-likeness (QED) is 0.894. The third-order valence-corrected chi connectivity index (χ3v) is 4.21. The van der Waals surface area contributed by atoms with E-state index in [2.05, 4.69) is 60.8 Å². The number of rotatable bonds is 5. The molecule has 3 rings (SSSR count). The summed E-state index contributed by atoms with van der Waals surface area (Å²) in [7, 11) is 0. The van der Waals surface area contributed by atoms with Gasteiger partial charge in [0.25, 0.3) is 0 Å². The van der Waals surface area contributed by atoms with Crippen molar-refractivity contribution in [1.82, 2.24) is 5.32 Å². The lowest BCUT2D eigenvalue weighted by Gasteiger charge is -2.20. The van der Waals surface area contributed by atoms with Gasteiger partial charge in [-0.2, -0.15) is 0 Å². The Morgan fingerprint density at radius 1 is 1.05 bits per heavy atom. The van der Waals surface area contributed by atoms with Crippen LogP contribution in [0.4, 0.5) is 0 Å². The minimum Gasteiger partial charge on any atom is -0.377 e. The van der Waals surface area contributed by atoms with Gasteiger partial charge in [-0.1, -0.05) is 54.6 Å². The molecule has 0 spiro atoms. The van der Waals surface area contributed by atoms with Gasteiger partial charge < -0.3 is 10.1 Å². The second kappa shape index (κ2) is 6.88. The molecule has 1 aliphatic heterocycles. The first-order valence-corrected chi connectivity index (χ1v) is 7.82. The zero-order valence-corrected chi connectivity index (χ0v) is 12.6. The second-order valence-electron chi connectivity index (χ2n) is 5.78. The third kappa shape index (κ3) is 3.72. The Bertz CT molecular complexity index is 544. The zero-order chi connectivity index (χ0) is 14.5. The first kappa shape index (κ1) is 14.3. The van der Waals surface area contributed by atoms with Gasteiger partial charge in [0, 0.05) is 19.2 Å². The van der Waals surface area contributed by atoms with Crippen LogP contribution in [0.5, 0.6) is 0 Å². The van der Waals surface area contributed by atoms with Gasteiger partial charge in [-0.15, -0.1) is 0 Å². The Hall–Kier alpha value is -1.64. The fraction of sp³-hybridized carbons (Fsp3) is 0.368. The minimum absolute atomic E-state index is 0.383. The van der Waals surface area contributed by atoms with E-state index in [-0.39, 0.29) is 0 Å². The van der Waals surface area contributed by atoms with Crippen molar-refractivity contribution in [2.45, 2.75) is 38.5 Å². The Kier molecular flexibility index (Phi) is 4.69. The van der Waals surface area contributed by atoms with E-state index in [0.29, 0.717) is 12.1 Å². The SMILES string of the molecule is CC(NCc1ccc(-c2ccccc2)cc1)C1CCCO1. The summed E-state index contributed by atoms with van der Waals surface area (Å²) in [6.45, 7) is 4.03. The first-order chi connectivity index (χ1) is 10.3. The van der Waals surface area contributed by atoms with E-state index in [1.165, 1.54) is 29.5 Å². The molecule has 1 aliphatic rings. The van der Waals surface area contributed by atoms with Crippen molar-refractivity contribution < 1.29 is 4.74 Å². The lowest BCUT2D eigenvalue weighted by molar-refractivity contribution is 0.0832. The highest BCUT2D eigenvalue weighted by Gasteiger charge is 2.21. The summed E-state index contributed by atoms with van der Waals surface area (Å²) in [5, 5.41) is 3.58. The molecule has 0 radical (unpaired) electrons. The van der Waals surface area contributed by atoms with Crippen molar-refractivity contribution >= 4 is 0 Å². The van der Waals surface area contributed by atoms with Crippen LogP contribution in [-0.4, -0.2) is 18.8 Å². The highest BCUT2D eigenvalue weighted by atomic mass is 16.5. The van der Waals surface area contributed by atoms with E-state index in [1.54, 1.807) is 0 Å². The molecule has 0 saturated carbocycles. The Labute approximate surface area is 127 Å². The first-order valence-electron chi connectivity index (χ1n) is 7.82. The van der Waals surface area contributed by atoms with Crippen LogP contribution in [0.2, 0.25) is 0 Å². The molecule has 2 aromatic rings. The van der Waals surface area contributed by atoms with Crippen LogP contribution in [0.15, 0.2) is 54.6 Å². The molecule has 0 amide bonds. The van der Waals surface area contributed by atoms with Crippen LogP contribution in [0.25, 0.3) is 11.1 Å². The van der Waals surface area contributed by atoms with Gasteiger partial charge in [-0.25, -0.2) is 0 Å². The molecular formula is C19H23NO. The number of hydrogen-bond donors (Lipinski definition) is 1. The molecule has 21 heavy (non-hydrogen) atoms. The van der Waals surface area contributed by atoms with Crippen molar-refractivity contribution in [1.29, 1.82) is 0 Å². The monoisotopic (exact) mass is 281 g/mol. The summed E-state index contributed by atoms with van der Waals surface area (Å²) < 4.78 is 5.72. The molecule has 1 heterocycles. The highest BCUT2D eigenvalue weighted by Crippen LogP contribution is 2.20. The third-order valence-electron chi connectivity index (χ3n) is 4.21. The van der Waals surface area contributed by atoms with Gasteiger partial charge in [-0.05, 0) is 36.5 Å². The van der Waals surface area contributed by atoms with Gasteiger partial charge in [0.15, 0.2) is 0 Å². The average Bonchev–Trinajstić information content (AvgIpc) is 3.08. The average molecular weight is 281 g/mol. The summed E-state index contributed by atoms with van der Waals surface area (Å²) in [5.41, 5.74) is 3.86. The molecule has 1 fully saturated rings. The maximum absolute atomic E-state index is 5.72. The molecule has 110 valence electrons. The lowest BCUT2D eigenvalue weighted by atomic mass is 10.0. The van der Waals surface area contributed by atoms with E-state index in [9.17, 15) is 0 Å². The fourth-order valence-corrected chi connectivity index (χ4v) is 2.85. The topological polar surface area (TPSA) is 21.3 Å². The van der Waals surface area contributed by atoms with Crippen molar-refractivity contribution in [2.24, 2.45) is 0 Å². The number of ether oxygens (including phenoxy) is 1. The van der Waals surface area contributed by atoms with Gasteiger partial charge in [0.05, 0.1) is 6.10 Å². The van der Waals surface area contributed by atoms with E-state index in [0.717, 1.165) is 13.2 Å². The molecule has 2 nitrogen and oxygen atoms in total. The van der Waals surface area contributed by atoms with Crippen LogP contribution >= 0.6 is 0 Å². The molecule has 2 heteroatoms. The summed E-state index contributed by atoms with van der Waals surface area (Å²) in [6, 6.07) is 19.7. The largest absolute Gasteiger partial charge is 0.377 e. The van der Waals surface area contributed by atoms with Crippen LogP contribution in [0, 0.1) is 0 Å². The standard InChI is InChI=1S/C19H23NO/c1-15(19-8-5-13-21-19)20-14-16-9-11-18(12-10-16)17-6-3-2-4-7-17/h2-4,6-7,9-12,15,19-20H,5,8,13-14H2,1H3. The molecule has 2 unspecified atom stereocenters. The molecular weight excluding hydrogens is 258 g/mol. The van der Waals surface area contributed by atoms with Crippen LogP contribution < -0.4 is 5.32 Å². The van der Waals surface area contributed by atoms with Crippen molar-refractivity contribution in [3.05, 3.63) is 60.2 Å². The van der Waals surface area contributed by atoms with Gasteiger partial charge in [0.1, 0.15) is 0 Å². The molecule has 0 aromatic heterocycles. The van der Waals surface area contributed by atoms with Crippen LogP contribution in [-0.2, 0) is 11.3 Å². The molecule has 1 N–H and O–H groups in total. The fourth-order valence-electron chi connectivity index (χ4n) is 2.85. The van der Waals surface area contributed by atoms with Crippen LogP contribution in [0.3, 0.4) is 0 Å². The summed E-state index contributed by atoms with van der Waals surface area (Å²) in [4.78, 5) is 0. The minimum atomic E-state index is 0.383. The molecule has 2 aromatic carbocycles. The smallest absolute Gasteiger partial charge is 0.0726 e. The van der Waals surface area contributed by atoms with Crippen molar-refractivity contribution in [3.63, 3.8) is 0 Å². The predicted octanol–water partition coefficient (Wildman–Crippen LogP) is 4.01. The summed E-state index contributed by atoms with van der Waals surface area (Å²) in [5.74, 6) is 0. The normalized spacial score (nSPS) is 19.6. The van der Waals surface area contributed by atoms with Gasteiger partial charge in [-0.3, -0.25) is 0 Å². The predicted molar refractivity (Wildman–Crippen MR) is 87.2 cm³/mol. The molecule has 2 atom stereocenters. The maximum Gasteiger partial charge on any atom is 0.0726 e. The Balaban J connectivity index is 1.57. The zero-order valence-electron chi connectivity index (χ0n) is 12.6. The van der Waals surface area contributed by atoms with Crippen molar-refractivity contribution in [3.8, 4) is 11.1 Å². The van der Waals surface area contributed by atoms with E-state index in [1.807, 2.05) is 6.07 Å². The summed E-state index contributed by atoms with van der Waals surface area (Å²) >= 11 is 0. The lowest BCUT2D eigenvalue weighted by Crippen LogP contribution is -2.36. The number of nitrogens with one attached hydrogen (secondary N) is 1. The number of hydrogen-bond acceptors (Lipinski definition) is 2. The number of benzene rings is 2.